The quantitative estimate of drug-likeness (QED) is 0.762. The summed E-state index contributed by atoms with van der Waals surface area (Å²) in [5.74, 6) is -2.13. The van der Waals surface area contributed by atoms with Crippen LogP contribution in [0.1, 0.15) is 26.0 Å². The molecule has 2 N–H and O–H groups in total. The van der Waals surface area contributed by atoms with Gasteiger partial charge in [-0.1, -0.05) is 19.9 Å². The molecule has 7 nitrogen and oxygen atoms in total. The third-order valence-corrected chi connectivity index (χ3v) is 4.61. The van der Waals surface area contributed by atoms with Gasteiger partial charge in [-0.3, -0.25) is 14.7 Å². The first-order valence-corrected chi connectivity index (χ1v) is 9.41. The fourth-order valence-electron chi connectivity index (χ4n) is 3.30. The highest BCUT2D eigenvalue weighted by Crippen LogP contribution is 2.32. The number of carbonyl (C=O) groups excluding carboxylic acids is 1. The minimum absolute atomic E-state index is 0.00233. The molecule has 0 saturated carbocycles. The van der Waals surface area contributed by atoms with Crippen molar-refractivity contribution in [1.29, 1.82) is 0 Å². The van der Waals surface area contributed by atoms with Crippen molar-refractivity contribution in [1.82, 2.24) is 15.2 Å². The molecule has 1 aromatic heterocycles. The number of morpholine rings is 1. The van der Waals surface area contributed by atoms with Crippen LogP contribution in [-0.4, -0.2) is 64.9 Å². The Kier molecular flexibility index (Phi) is 7.97. The average molecular weight is 417 g/mol. The summed E-state index contributed by atoms with van der Waals surface area (Å²) >= 11 is 0. The molecule has 0 spiro atoms. The molecule has 3 heterocycles. The van der Waals surface area contributed by atoms with Crippen LogP contribution in [0.2, 0.25) is 0 Å². The number of aliphatic carboxylic acids is 1. The van der Waals surface area contributed by atoms with Gasteiger partial charge in [-0.05, 0) is 24.5 Å². The van der Waals surface area contributed by atoms with Crippen LogP contribution in [0.3, 0.4) is 0 Å². The molecule has 10 heteroatoms. The summed E-state index contributed by atoms with van der Waals surface area (Å²) in [6.45, 7) is 7.49. The molecule has 0 aliphatic carbocycles. The summed E-state index contributed by atoms with van der Waals surface area (Å²) in [6, 6.07) is 5.99. The van der Waals surface area contributed by atoms with E-state index in [4.69, 9.17) is 14.6 Å². The van der Waals surface area contributed by atoms with Crippen LogP contribution in [0, 0.1) is 11.8 Å². The fourth-order valence-corrected chi connectivity index (χ4v) is 3.30. The van der Waals surface area contributed by atoms with Crippen molar-refractivity contribution >= 4 is 11.9 Å². The van der Waals surface area contributed by atoms with Crippen LogP contribution in [0.5, 0.6) is 0 Å². The molecule has 3 unspecified atom stereocenters. The van der Waals surface area contributed by atoms with Gasteiger partial charge in [0.1, 0.15) is 0 Å². The number of nitrogens with one attached hydrogen (secondary N) is 1. The van der Waals surface area contributed by atoms with Crippen LogP contribution in [0.4, 0.5) is 13.2 Å². The zero-order valence-electron chi connectivity index (χ0n) is 16.4. The number of aromatic nitrogens is 1. The number of nitrogens with zero attached hydrogens (tertiary/aromatic N) is 2. The van der Waals surface area contributed by atoms with Gasteiger partial charge >= 0.3 is 12.1 Å². The second-order valence-corrected chi connectivity index (χ2v) is 7.60. The maximum Gasteiger partial charge on any atom is 0.490 e. The molecule has 3 rings (SSSR count). The number of hydrogen-bond donors (Lipinski definition) is 2. The van der Waals surface area contributed by atoms with E-state index in [1.54, 1.807) is 0 Å². The number of halogens is 3. The lowest BCUT2D eigenvalue weighted by atomic mass is 9.99. The van der Waals surface area contributed by atoms with Gasteiger partial charge in [0.15, 0.2) is 0 Å². The Morgan fingerprint density at radius 3 is 2.59 bits per heavy atom. The largest absolute Gasteiger partial charge is 0.490 e. The average Bonchev–Trinajstić information content (AvgIpc) is 2.94. The van der Waals surface area contributed by atoms with E-state index in [9.17, 15) is 18.0 Å². The first-order valence-electron chi connectivity index (χ1n) is 9.41. The molecule has 2 aliphatic rings. The summed E-state index contributed by atoms with van der Waals surface area (Å²) in [4.78, 5) is 28.0. The number of pyridine rings is 1. The number of carboxylic acid groups (broad SMARTS) is 1. The second kappa shape index (κ2) is 10.0. The van der Waals surface area contributed by atoms with E-state index in [0.717, 1.165) is 38.3 Å². The molecule has 3 atom stereocenters. The lowest BCUT2D eigenvalue weighted by Crippen LogP contribution is -2.45. The monoisotopic (exact) mass is 417 g/mol. The summed E-state index contributed by atoms with van der Waals surface area (Å²) in [7, 11) is 0. The lowest BCUT2D eigenvalue weighted by Gasteiger charge is -2.32. The molecule has 0 radical (unpaired) electrons. The van der Waals surface area contributed by atoms with Crippen LogP contribution in [-0.2, 0) is 20.9 Å². The van der Waals surface area contributed by atoms with Gasteiger partial charge in [-0.15, -0.1) is 0 Å². The molecule has 1 amide bonds. The predicted molar refractivity (Wildman–Crippen MR) is 97.8 cm³/mol. The number of carbonyl (C=O) groups is 2. The molecular weight excluding hydrogens is 391 g/mol. The molecular formula is C19H26F3N3O4. The molecule has 1 aromatic rings. The van der Waals surface area contributed by atoms with Crippen molar-refractivity contribution in [2.24, 2.45) is 11.8 Å². The topological polar surface area (TPSA) is 91.8 Å². The zero-order chi connectivity index (χ0) is 21.6. The van der Waals surface area contributed by atoms with Crippen molar-refractivity contribution in [3.05, 3.63) is 30.1 Å². The summed E-state index contributed by atoms with van der Waals surface area (Å²) < 4.78 is 37.7. The van der Waals surface area contributed by atoms with Crippen molar-refractivity contribution in [2.75, 3.05) is 19.6 Å². The van der Waals surface area contributed by atoms with Gasteiger partial charge in [-0.2, -0.15) is 13.2 Å². The Morgan fingerprint density at radius 1 is 1.34 bits per heavy atom. The molecule has 162 valence electrons. The molecule has 29 heavy (non-hydrogen) atoms. The molecule has 2 bridgehead atoms. The molecule has 2 fully saturated rings. The van der Waals surface area contributed by atoms with Gasteiger partial charge in [-0.25, -0.2) is 4.79 Å². The minimum atomic E-state index is -5.08. The Bertz CT molecular complexity index is 685. The Balaban J connectivity index is 0.000000370. The number of hydrogen-bond acceptors (Lipinski definition) is 5. The first kappa shape index (κ1) is 23.1. The summed E-state index contributed by atoms with van der Waals surface area (Å²) in [6.07, 6.45) is -2.22. The molecule has 0 aromatic carbocycles. The van der Waals surface area contributed by atoms with Gasteiger partial charge < -0.3 is 15.2 Å². The predicted octanol–water partition coefficient (Wildman–Crippen LogP) is 2.08. The van der Waals surface area contributed by atoms with E-state index in [1.807, 2.05) is 24.4 Å². The number of rotatable bonds is 5. The SMILES string of the molecule is CC(C)CNC(=O)C1CC2CN(Cc3ccccn3)CC1O2.O=C(O)C(F)(F)F. The van der Waals surface area contributed by atoms with E-state index in [2.05, 4.69) is 29.0 Å². The fraction of sp³-hybridized carbons (Fsp3) is 0.632. The highest BCUT2D eigenvalue weighted by molar-refractivity contribution is 5.79. The highest BCUT2D eigenvalue weighted by atomic mass is 19.4. The van der Waals surface area contributed by atoms with Crippen molar-refractivity contribution in [2.45, 2.75) is 45.2 Å². The van der Waals surface area contributed by atoms with Crippen LogP contribution >= 0.6 is 0 Å². The highest BCUT2D eigenvalue weighted by Gasteiger charge is 2.44. The van der Waals surface area contributed by atoms with E-state index >= 15 is 0 Å². The standard InChI is InChI=1S/C17H25N3O2.C2HF3O2/c1-12(2)8-19-17(21)15-7-14-10-20(11-16(15)22-14)9-13-5-3-4-6-18-13;3-2(4,5)1(6)7/h3-6,12,14-16H,7-11H2,1-2H3,(H,19,21);(H,6,7). The Morgan fingerprint density at radius 2 is 2.03 bits per heavy atom. The van der Waals surface area contributed by atoms with Crippen molar-refractivity contribution in [3.8, 4) is 0 Å². The summed E-state index contributed by atoms with van der Waals surface area (Å²) in [5.41, 5.74) is 1.07. The van der Waals surface area contributed by atoms with Crippen LogP contribution in [0.15, 0.2) is 24.4 Å². The smallest absolute Gasteiger partial charge is 0.475 e. The third-order valence-electron chi connectivity index (χ3n) is 4.61. The lowest BCUT2D eigenvalue weighted by molar-refractivity contribution is -0.192. The third kappa shape index (κ3) is 7.28. The minimum Gasteiger partial charge on any atom is -0.475 e. The van der Waals surface area contributed by atoms with Gasteiger partial charge in [0.25, 0.3) is 0 Å². The number of amides is 1. The van der Waals surface area contributed by atoms with Gasteiger partial charge in [0.2, 0.25) is 5.91 Å². The Labute approximate surface area is 167 Å². The summed E-state index contributed by atoms with van der Waals surface area (Å²) in [5, 5.41) is 10.2. The van der Waals surface area contributed by atoms with E-state index in [-0.39, 0.29) is 24.0 Å². The van der Waals surface area contributed by atoms with Crippen molar-refractivity contribution in [3.63, 3.8) is 0 Å². The molecule has 2 aliphatic heterocycles. The van der Waals surface area contributed by atoms with E-state index in [1.165, 1.54) is 0 Å². The number of fused-ring (bicyclic) bond motifs is 2. The van der Waals surface area contributed by atoms with Gasteiger partial charge in [0, 0.05) is 32.4 Å². The van der Waals surface area contributed by atoms with E-state index < -0.39 is 12.1 Å². The normalized spacial score (nSPS) is 24.0. The van der Waals surface area contributed by atoms with Crippen LogP contribution in [0.25, 0.3) is 0 Å². The van der Waals surface area contributed by atoms with Crippen LogP contribution < -0.4 is 5.32 Å². The van der Waals surface area contributed by atoms with Crippen molar-refractivity contribution < 1.29 is 32.6 Å². The Hall–Kier alpha value is -2.20. The maximum absolute atomic E-state index is 12.3. The van der Waals surface area contributed by atoms with E-state index in [0.29, 0.717) is 5.92 Å². The molecule has 2 saturated heterocycles. The number of carboxylic acids is 1. The number of ether oxygens (including phenoxy) is 1. The van der Waals surface area contributed by atoms with Gasteiger partial charge in [0.05, 0.1) is 23.8 Å². The maximum atomic E-state index is 12.3. The zero-order valence-corrected chi connectivity index (χ0v) is 16.4. The first-order chi connectivity index (χ1) is 13.6. The second-order valence-electron chi connectivity index (χ2n) is 7.60. The number of likely N-dealkylation sites (tertiary alicyclic amines) is 1. The number of alkyl halides is 3.